The van der Waals surface area contributed by atoms with Crippen LogP contribution in [0.2, 0.25) is 0 Å². The Bertz CT molecular complexity index is 1030. The van der Waals surface area contributed by atoms with Gasteiger partial charge in [-0.1, -0.05) is 0 Å². The second-order valence-corrected chi connectivity index (χ2v) is 8.12. The molecule has 1 fully saturated rings. The maximum Gasteiger partial charge on any atom is 0.266 e. The highest BCUT2D eigenvalue weighted by Gasteiger charge is 2.21. The van der Waals surface area contributed by atoms with Gasteiger partial charge in [0.15, 0.2) is 5.82 Å². The molecule has 158 valence electrons. The summed E-state index contributed by atoms with van der Waals surface area (Å²) in [5.41, 5.74) is 2.76. The Hall–Kier alpha value is -2.78. The molecule has 3 aromatic heterocycles. The lowest BCUT2D eigenvalue weighted by atomic mass is 10.1. The third-order valence-electron chi connectivity index (χ3n) is 6.15. The van der Waals surface area contributed by atoms with Gasteiger partial charge in [0.2, 0.25) is 0 Å². The van der Waals surface area contributed by atoms with Crippen molar-refractivity contribution in [2.45, 2.75) is 38.9 Å². The maximum atomic E-state index is 12.2. The summed E-state index contributed by atoms with van der Waals surface area (Å²) in [6.45, 7) is 7.58. The first-order valence-corrected chi connectivity index (χ1v) is 10.8. The van der Waals surface area contributed by atoms with Crippen molar-refractivity contribution in [3.8, 4) is 5.82 Å². The van der Waals surface area contributed by atoms with E-state index in [0.717, 1.165) is 52.2 Å². The zero-order valence-corrected chi connectivity index (χ0v) is 17.2. The van der Waals surface area contributed by atoms with Crippen LogP contribution in [0.5, 0.6) is 0 Å². The van der Waals surface area contributed by atoms with E-state index in [4.69, 9.17) is 0 Å². The first-order valence-electron chi connectivity index (χ1n) is 10.8. The van der Waals surface area contributed by atoms with E-state index in [0.29, 0.717) is 12.4 Å². The lowest BCUT2D eigenvalue weighted by Gasteiger charge is -2.34. The average Bonchev–Trinajstić information content (AvgIpc) is 3.45. The minimum atomic E-state index is -0.0736. The topological polar surface area (TPSA) is 77.0 Å². The molecule has 2 aliphatic rings. The van der Waals surface area contributed by atoms with Crippen molar-refractivity contribution in [1.29, 1.82) is 0 Å². The number of fused-ring (bicyclic) bond motifs is 1. The largest absolute Gasteiger partial charge is 0.299 e. The number of piperazine rings is 1. The molecular weight excluding hydrogens is 380 g/mol. The quantitative estimate of drug-likeness (QED) is 0.600. The Kier molecular flexibility index (Phi) is 5.46. The van der Waals surface area contributed by atoms with Gasteiger partial charge < -0.3 is 0 Å². The van der Waals surface area contributed by atoms with Gasteiger partial charge in [-0.2, -0.15) is 10.2 Å². The van der Waals surface area contributed by atoms with Crippen LogP contribution in [0.1, 0.15) is 24.1 Å². The standard InChI is InChI=1S/C21H28N8O/c30-21-6-5-20(28-9-3-7-22-28)24-29(21)15-14-25-10-12-26(13-11-25)17-18-16-23-27-8-2-1-4-19(18)27/h3,5-7,9,16H,1-2,4,8,10-15,17H2. The van der Waals surface area contributed by atoms with E-state index in [9.17, 15) is 4.79 Å². The normalized spacial score (nSPS) is 17.9. The van der Waals surface area contributed by atoms with Gasteiger partial charge in [0.25, 0.3) is 5.56 Å². The van der Waals surface area contributed by atoms with E-state index in [1.807, 2.05) is 12.3 Å². The number of aryl methyl sites for hydroxylation is 1. The molecule has 0 radical (unpaired) electrons. The highest BCUT2D eigenvalue weighted by Crippen LogP contribution is 2.20. The molecule has 0 unspecified atom stereocenters. The average molecular weight is 409 g/mol. The zero-order chi connectivity index (χ0) is 20.3. The van der Waals surface area contributed by atoms with Crippen LogP contribution >= 0.6 is 0 Å². The molecule has 2 aliphatic heterocycles. The minimum absolute atomic E-state index is 0.0736. The molecule has 0 saturated carbocycles. The molecule has 1 saturated heterocycles. The smallest absolute Gasteiger partial charge is 0.266 e. The SMILES string of the molecule is O=c1ccc(-n2cccn2)nn1CCN1CCN(Cc2cnn3c2CCCC3)CC1. The van der Waals surface area contributed by atoms with E-state index >= 15 is 0 Å². The van der Waals surface area contributed by atoms with Crippen LogP contribution in [-0.4, -0.2) is 71.9 Å². The number of hydrogen-bond acceptors (Lipinski definition) is 6. The third-order valence-corrected chi connectivity index (χ3v) is 6.15. The molecule has 5 rings (SSSR count). The fourth-order valence-electron chi connectivity index (χ4n) is 4.39. The van der Waals surface area contributed by atoms with E-state index in [1.165, 1.54) is 24.1 Å². The van der Waals surface area contributed by atoms with Crippen LogP contribution in [0.4, 0.5) is 0 Å². The van der Waals surface area contributed by atoms with E-state index in [-0.39, 0.29) is 5.56 Å². The monoisotopic (exact) mass is 408 g/mol. The Balaban J connectivity index is 1.14. The third kappa shape index (κ3) is 4.08. The van der Waals surface area contributed by atoms with Crippen LogP contribution < -0.4 is 5.56 Å². The summed E-state index contributed by atoms with van der Waals surface area (Å²) >= 11 is 0. The van der Waals surface area contributed by atoms with Crippen LogP contribution in [0.3, 0.4) is 0 Å². The predicted molar refractivity (Wildman–Crippen MR) is 113 cm³/mol. The number of hydrogen-bond donors (Lipinski definition) is 0. The van der Waals surface area contributed by atoms with E-state index in [2.05, 4.69) is 36.0 Å². The minimum Gasteiger partial charge on any atom is -0.299 e. The summed E-state index contributed by atoms with van der Waals surface area (Å²) in [6, 6.07) is 5.12. The van der Waals surface area contributed by atoms with E-state index < -0.39 is 0 Å². The summed E-state index contributed by atoms with van der Waals surface area (Å²) in [7, 11) is 0. The van der Waals surface area contributed by atoms with Crippen molar-refractivity contribution in [3.05, 3.63) is 58.4 Å². The second kappa shape index (κ2) is 8.53. The second-order valence-electron chi connectivity index (χ2n) is 8.12. The molecule has 0 atom stereocenters. The van der Waals surface area contributed by atoms with Crippen LogP contribution in [0.15, 0.2) is 41.6 Å². The molecule has 0 N–H and O–H groups in total. The summed E-state index contributed by atoms with van der Waals surface area (Å²) in [6.07, 6.45) is 9.29. The lowest BCUT2D eigenvalue weighted by molar-refractivity contribution is 0.122. The Morgan fingerprint density at radius 1 is 0.933 bits per heavy atom. The van der Waals surface area contributed by atoms with Crippen molar-refractivity contribution in [3.63, 3.8) is 0 Å². The van der Waals surface area contributed by atoms with Gasteiger partial charge in [0, 0.05) is 75.5 Å². The molecule has 30 heavy (non-hydrogen) atoms. The number of nitrogens with zero attached hydrogens (tertiary/aromatic N) is 8. The van der Waals surface area contributed by atoms with E-state index in [1.54, 1.807) is 27.7 Å². The number of rotatable bonds is 6. The van der Waals surface area contributed by atoms with Gasteiger partial charge in [0.1, 0.15) is 0 Å². The fraction of sp³-hybridized carbons (Fsp3) is 0.524. The van der Waals surface area contributed by atoms with Crippen LogP contribution in [0.25, 0.3) is 5.82 Å². The van der Waals surface area contributed by atoms with Gasteiger partial charge >= 0.3 is 0 Å². The van der Waals surface area contributed by atoms with Gasteiger partial charge in [-0.25, -0.2) is 9.36 Å². The molecule has 0 aromatic carbocycles. The summed E-state index contributed by atoms with van der Waals surface area (Å²) in [5.74, 6) is 0.661. The van der Waals surface area contributed by atoms with Crippen molar-refractivity contribution in [2.75, 3.05) is 32.7 Å². The first-order chi connectivity index (χ1) is 14.8. The first kappa shape index (κ1) is 19.2. The highest BCUT2D eigenvalue weighted by atomic mass is 16.1. The molecule has 0 aliphatic carbocycles. The number of aromatic nitrogens is 6. The van der Waals surface area contributed by atoms with Gasteiger partial charge in [0.05, 0.1) is 12.7 Å². The van der Waals surface area contributed by atoms with Gasteiger partial charge in [-0.05, 0) is 31.4 Å². The fourth-order valence-corrected chi connectivity index (χ4v) is 4.39. The van der Waals surface area contributed by atoms with Gasteiger partial charge in [-0.3, -0.25) is 19.3 Å². The molecule has 3 aromatic rings. The van der Waals surface area contributed by atoms with Gasteiger partial charge in [-0.15, -0.1) is 5.10 Å². The Morgan fingerprint density at radius 2 is 1.80 bits per heavy atom. The molecule has 0 amide bonds. The molecule has 0 spiro atoms. The van der Waals surface area contributed by atoms with Crippen molar-refractivity contribution in [1.82, 2.24) is 39.1 Å². The predicted octanol–water partition coefficient (Wildman–Crippen LogP) is 0.780. The van der Waals surface area contributed by atoms with Crippen molar-refractivity contribution >= 4 is 0 Å². The molecule has 0 bridgehead atoms. The molecule has 9 nitrogen and oxygen atoms in total. The maximum absolute atomic E-state index is 12.2. The summed E-state index contributed by atoms with van der Waals surface area (Å²) < 4.78 is 5.41. The molecule has 9 heteroatoms. The van der Waals surface area contributed by atoms with Crippen LogP contribution in [-0.2, 0) is 26.1 Å². The summed E-state index contributed by atoms with van der Waals surface area (Å²) in [5, 5.41) is 13.2. The highest BCUT2D eigenvalue weighted by molar-refractivity contribution is 5.19. The summed E-state index contributed by atoms with van der Waals surface area (Å²) in [4.78, 5) is 17.1. The lowest BCUT2D eigenvalue weighted by Crippen LogP contribution is -2.47. The zero-order valence-electron chi connectivity index (χ0n) is 17.2. The Labute approximate surface area is 175 Å². The molecule has 5 heterocycles. The molecular formula is C21H28N8O. The van der Waals surface area contributed by atoms with Crippen molar-refractivity contribution < 1.29 is 0 Å². The van der Waals surface area contributed by atoms with Crippen LogP contribution in [0, 0.1) is 0 Å². The Morgan fingerprint density at radius 3 is 2.63 bits per heavy atom. The van der Waals surface area contributed by atoms with Crippen molar-refractivity contribution in [2.24, 2.45) is 0 Å².